The highest BCUT2D eigenvalue weighted by atomic mass is 16.5. The standard InChI is InChI=1S/C14H20O3/c1-10-5-11(2)7-13(6-10)17-9-14(15)12-3-4-16-8-12/h5-7,12,14-15H,3-4,8-9H2,1-2H3. The molecule has 1 fully saturated rings. The van der Waals surface area contributed by atoms with Crippen LogP contribution in [0.5, 0.6) is 5.75 Å². The molecule has 0 aliphatic carbocycles. The van der Waals surface area contributed by atoms with Gasteiger partial charge in [0.1, 0.15) is 12.4 Å². The van der Waals surface area contributed by atoms with E-state index in [9.17, 15) is 5.11 Å². The number of benzene rings is 1. The number of hydrogen-bond donors (Lipinski definition) is 1. The summed E-state index contributed by atoms with van der Waals surface area (Å²) >= 11 is 0. The van der Waals surface area contributed by atoms with E-state index in [4.69, 9.17) is 9.47 Å². The molecule has 17 heavy (non-hydrogen) atoms. The van der Waals surface area contributed by atoms with Crippen molar-refractivity contribution >= 4 is 0 Å². The van der Waals surface area contributed by atoms with Crippen LogP contribution in [0, 0.1) is 19.8 Å². The number of hydrogen-bond acceptors (Lipinski definition) is 3. The highest BCUT2D eigenvalue weighted by Crippen LogP contribution is 2.20. The second-order valence-corrected chi connectivity index (χ2v) is 4.83. The lowest BCUT2D eigenvalue weighted by Crippen LogP contribution is -2.27. The molecular formula is C14H20O3. The zero-order valence-corrected chi connectivity index (χ0v) is 10.5. The molecule has 0 radical (unpaired) electrons. The van der Waals surface area contributed by atoms with E-state index < -0.39 is 6.10 Å². The van der Waals surface area contributed by atoms with E-state index in [1.807, 2.05) is 26.0 Å². The van der Waals surface area contributed by atoms with Gasteiger partial charge < -0.3 is 14.6 Å². The first kappa shape index (κ1) is 12.4. The summed E-state index contributed by atoms with van der Waals surface area (Å²) < 4.78 is 10.9. The molecule has 1 aliphatic rings. The molecule has 3 heteroatoms. The molecule has 0 saturated carbocycles. The largest absolute Gasteiger partial charge is 0.491 e. The van der Waals surface area contributed by atoms with Crippen LogP contribution in [0.25, 0.3) is 0 Å². The molecule has 1 aromatic rings. The van der Waals surface area contributed by atoms with Crippen molar-refractivity contribution in [1.29, 1.82) is 0 Å². The maximum atomic E-state index is 9.94. The number of aryl methyl sites for hydroxylation is 2. The van der Waals surface area contributed by atoms with Crippen molar-refractivity contribution in [2.24, 2.45) is 5.92 Å². The van der Waals surface area contributed by atoms with Crippen molar-refractivity contribution < 1.29 is 14.6 Å². The zero-order chi connectivity index (χ0) is 12.3. The fourth-order valence-corrected chi connectivity index (χ4v) is 2.19. The maximum absolute atomic E-state index is 9.94. The Morgan fingerprint density at radius 2 is 2.06 bits per heavy atom. The molecule has 1 aliphatic heterocycles. The van der Waals surface area contributed by atoms with Crippen molar-refractivity contribution in [3.05, 3.63) is 29.3 Å². The Morgan fingerprint density at radius 1 is 1.35 bits per heavy atom. The van der Waals surface area contributed by atoms with Crippen LogP contribution in [-0.4, -0.2) is 31.0 Å². The molecule has 0 aromatic heterocycles. The van der Waals surface area contributed by atoms with Gasteiger partial charge in [-0.2, -0.15) is 0 Å². The van der Waals surface area contributed by atoms with Crippen molar-refractivity contribution in [1.82, 2.24) is 0 Å². The fraction of sp³-hybridized carbons (Fsp3) is 0.571. The van der Waals surface area contributed by atoms with Crippen molar-refractivity contribution in [2.75, 3.05) is 19.8 Å². The average molecular weight is 236 g/mol. The Balaban J connectivity index is 1.88. The topological polar surface area (TPSA) is 38.7 Å². The minimum atomic E-state index is -0.432. The number of rotatable bonds is 4. The van der Waals surface area contributed by atoms with Crippen molar-refractivity contribution in [3.8, 4) is 5.75 Å². The van der Waals surface area contributed by atoms with Crippen molar-refractivity contribution in [3.63, 3.8) is 0 Å². The molecule has 2 rings (SSSR count). The van der Waals surface area contributed by atoms with Crippen LogP contribution in [0.15, 0.2) is 18.2 Å². The average Bonchev–Trinajstić information content (AvgIpc) is 2.78. The second kappa shape index (κ2) is 5.52. The van der Waals surface area contributed by atoms with Gasteiger partial charge in [-0.25, -0.2) is 0 Å². The van der Waals surface area contributed by atoms with Gasteiger partial charge in [0, 0.05) is 12.5 Å². The predicted molar refractivity (Wildman–Crippen MR) is 66.3 cm³/mol. The molecule has 1 N–H and O–H groups in total. The van der Waals surface area contributed by atoms with Crippen LogP contribution < -0.4 is 4.74 Å². The highest BCUT2D eigenvalue weighted by Gasteiger charge is 2.24. The molecule has 1 saturated heterocycles. The summed E-state index contributed by atoms with van der Waals surface area (Å²) in [6.45, 7) is 5.84. The SMILES string of the molecule is Cc1cc(C)cc(OCC(O)C2CCOC2)c1. The first-order chi connectivity index (χ1) is 8.15. The van der Waals surface area contributed by atoms with E-state index in [2.05, 4.69) is 6.07 Å². The Bertz CT molecular complexity index is 349. The van der Waals surface area contributed by atoms with E-state index in [1.54, 1.807) is 0 Å². The lowest BCUT2D eigenvalue weighted by Gasteiger charge is -2.17. The Hall–Kier alpha value is -1.06. The number of ether oxygens (including phenoxy) is 2. The molecule has 0 amide bonds. The maximum Gasteiger partial charge on any atom is 0.119 e. The third-order valence-electron chi connectivity index (χ3n) is 3.13. The van der Waals surface area contributed by atoms with Gasteiger partial charge in [-0.1, -0.05) is 6.07 Å². The quantitative estimate of drug-likeness (QED) is 0.870. The molecule has 1 aromatic carbocycles. The molecule has 3 nitrogen and oxygen atoms in total. The van der Waals surface area contributed by atoms with Crippen LogP contribution in [-0.2, 0) is 4.74 Å². The van der Waals surface area contributed by atoms with Gasteiger partial charge in [0.05, 0.1) is 12.7 Å². The Kier molecular flexibility index (Phi) is 4.02. The first-order valence-corrected chi connectivity index (χ1v) is 6.12. The van der Waals surface area contributed by atoms with Crippen LogP contribution in [0.3, 0.4) is 0 Å². The van der Waals surface area contributed by atoms with Gasteiger partial charge in [-0.05, 0) is 43.5 Å². The monoisotopic (exact) mass is 236 g/mol. The number of aliphatic hydroxyl groups excluding tert-OH is 1. The lowest BCUT2D eigenvalue weighted by molar-refractivity contribution is 0.0499. The van der Waals surface area contributed by atoms with Crippen LogP contribution in [0.1, 0.15) is 17.5 Å². The molecule has 94 valence electrons. The minimum absolute atomic E-state index is 0.223. The molecule has 0 spiro atoms. The molecule has 1 heterocycles. The van der Waals surface area contributed by atoms with Crippen LogP contribution in [0.2, 0.25) is 0 Å². The van der Waals surface area contributed by atoms with Crippen LogP contribution in [0.4, 0.5) is 0 Å². The van der Waals surface area contributed by atoms with E-state index >= 15 is 0 Å². The number of aliphatic hydroxyl groups is 1. The highest BCUT2D eigenvalue weighted by molar-refractivity contribution is 5.32. The Labute approximate surface area is 102 Å². The second-order valence-electron chi connectivity index (χ2n) is 4.83. The summed E-state index contributed by atoms with van der Waals surface area (Å²) in [6, 6.07) is 6.09. The van der Waals surface area contributed by atoms with E-state index in [-0.39, 0.29) is 5.92 Å². The van der Waals surface area contributed by atoms with Gasteiger partial charge in [-0.3, -0.25) is 0 Å². The summed E-state index contributed by atoms with van der Waals surface area (Å²) in [7, 11) is 0. The summed E-state index contributed by atoms with van der Waals surface area (Å²) in [5.74, 6) is 1.06. The first-order valence-electron chi connectivity index (χ1n) is 6.12. The van der Waals surface area contributed by atoms with Crippen molar-refractivity contribution in [2.45, 2.75) is 26.4 Å². The normalized spacial score (nSPS) is 21.5. The molecular weight excluding hydrogens is 216 g/mol. The van der Waals surface area contributed by atoms with E-state index in [0.717, 1.165) is 18.8 Å². The van der Waals surface area contributed by atoms with Crippen LogP contribution >= 0.6 is 0 Å². The predicted octanol–water partition coefficient (Wildman–Crippen LogP) is 2.08. The smallest absolute Gasteiger partial charge is 0.119 e. The molecule has 0 bridgehead atoms. The van der Waals surface area contributed by atoms with Gasteiger partial charge in [0.15, 0.2) is 0 Å². The van der Waals surface area contributed by atoms with Gasteiger partial charge in [0.25, 0.3) is 0 Å². The minimum Gasteiger partial charge on any atom is -0.491 e. The fourth-order valence-electron chi connectivity index (χ4n) is 2.19. The molecule has 2 atom stereocenters. The van der Waals surface area contributed by atoms with Gasteiger partial charge >= 0.3 is 0 Å². The van der Waals surface area contributed by atoms with E-state index in [1.165, 1.54) is 11.1 Å². The summed E-state index contributed by atoms with van der Waals surface area (Å²) in [6.07, 6.45) is 0.496. The third-order valence-corrected chi connectivity index (χ3v) is 3.13. The zero-order valence-electron chi connectivity index (χ0n) is 10.5. The molecule has 2 unspecified atom stereocenters. The third kappa shape index (κ3) is 3.45. The Morgan fingerprint density at radius 3 is 2.65 bits per heavy atom. The summed E-state index contributed by atoms with van der Waals surface area (Å²) in [5.41, 5.74) is 2.36. The lowest BCUT2D eigenvalue weighted by atomic mass is 10.0. The summed E-state index contributed by atoms with van der Waals surface area (Å²) in [4.78, 5) is 0. The van der Waals surface area contributed by atoms with Gasteiger partial charge in [0.2, 0.25) is 0 Å². The van der Waals surface area contributed by atoms with Gasteiger partial charge in [-0.15, -0.1) is 0 Å². The van der Waals surface area contributed by atoms with E-state index in [0.29, 0.717) is 13.2 Å². The summed E-state index contributed by atoms with van der Waals surface area (Å²) in [5, 5.41) is 9.94.